The summed E-state index contributed by atoms with van der Waals surface area (Å²) >= 11 is 0. The standard InChI is InChI=1S/C18H19NO3/c1-11-5-8-15(13(3)9-11)17(20)19-16-10-14(18(21)22-4)7-6-12(16)2/h5-10H,1-4H3,(H,19,20). The molecule has 2 rings (SSSR count). The van der Waals surface area contributed by atoms with Gasteiger partial charge in [0.05, 0.1) is 12.7 Å². The van der Waals surface area contributed by atoms with Crippen molar-refractivity contribution in [2.24, 2.45) is 0 Å². The van der Waals surface area contributed by atoms with Crippen LogP contribution in [0, 0.1) is 20.8 Å². The number of anilines is 1. The summed E-state index contributed by atoms with van der Waals surface area (Å²) in [6.45, 7) is 5.76. The second-order valence-electron chi connectivity index (χ2n) is 5.29. The van der Waals surface area contributed by atoms with E-state index in [0.717, 1.165) is 16.7 Å². The number of carbonyl (C=O) groups excluding carboxylic acids is 2. The van der Waals surface area contributed by atoms with E-state index < -0.39 is 5.97 Å². The van der Waals surface area contributed by atoms with Crippen LogP contribution in [0.2, 0.25) is 0 Å². The van der Waals surface area contributed by atoms with Crippen LogP contribution >= 0.6 is 0 Å². The molecule has 0 spiro atoms. The summed E-state index contributed by atoms with van der Waals surface area (Å²) in [7, 11) is 1.33. The summed E-state index contributed by atoms with van der Waals surface area (Å²) in [5.41, 5.74) is 4.54. The molecule has 1 N–H and O–H groups in total. The largest absolute Gasteiger partial charge is 0.465 e. The van der Waals surface area contributed by atoms with Gasteiger partial charge >= 0.3 is 5.97 Å². The summed E-state index contributed by atoms with van der Waals surface area (Å²) in [5.74, 6) is -0.621. The van der Waals surface area contributed by atoms with E-state index in [4.69, 9.17) is 4.74 Å². The number of benzene rings is 2. The zero-order chi connectivity index (χ0) is 16.3. The monoisotopic (exact) mass is 297 g/mol. The maximum absolute atomic E-state index is 12.4. The van der Waals surface area contributed by atoms with Crippen molar-refractivity contribution in [1.29, 1.82) is 0 Å². The first-order chi connectivity index (χ1) is 10.4. The summed E-state index contributed by atoms with van der Waals surface area (Å²) in [6.07, 6.45) is 0. The van der Waals surface area contributed by atoms with Gasteiger partial charge in [0.25, 0.3) is 5.91 Å². The number of hydrogen-bond acceptors (Lipinski definition) is 3. The number of esters is 1. The molecule has 114 valence electrons. The van der Waals surface area contributed by atoms with Gasteiger partial charge in [0.15, 0.2) is 0 Å². The SMILES string of the molecule is COC(=O)c1ccc(C)c(NC(=O)c2ccc(C)cc2C)c1. The highest BCUT2D eigenvalue weighted by atomic mass is 16.5. The number of hydrogen-bond donors (Lipinski definition) is 1. The number of methoxy groups -OCH3 is 1. The van der Waals surface area contributed by atoms with Gasteiger partial charge < -0.3 is 10.1 Å². The summed E-state index contributed by atoms with van der Waals surface area (Å²) in [5, 5.41) is 2.86. The fourth-order valence-electron chi connectivity index (χ4n) is 2.26. The van der Waals surface area contributed by atoms with E-state index in [-0.39, 0.29) is 5.91 Å². The van der Waals surface area contributed by atoms with E-state index in [1.54, 1.807) is 24.3 Å². The molecule has 1 amide bonds. The Morgan fingerprint density at radius 3 is 2.32 bits per heavy atom. The van der Waals surface area contributed by atoms with Crippen LogP contribution in [0.25, 0.3) is 0 Å². The lowest BCUT2D eigenvalue weighted by molar-refractivity contribution is 0.0600. The smallest absolute Gasteiger partial charge is 0.337 e. The normalized spacial score (nSPS) is 10.2. The highest BCUT2D eigenvalue weighted by Gasteiger charge is 2.13. The molecular formula is C18H19NO3. The molecule has 0 bridgehead atoms. The summed E-state index contributed by atoms with van der Waals surface area (Å²) in [4.78, 5) is 24.0. The van der Waals surface area contributed by atoms with Crippen LogP contribution in [-0.2, 0) is 4.74 Å². The van der Waals surface area contributed by atoms with Crippen LogP contribution in [0.1, 0.15) is 37.4 Å². The Balaban J connectivity index is 2.29. The molecule has 0 fully saturated rings. The van der Waals surface area contributed by atoms with E-state index in [2.05, 4.69) is 5.32 Å². The highest BCUT2D eigenvalue weighted by Crippen LogP contribution is 2.20. The minimum atomic E-state index is -0.429. The number of nitrogens with one attached hydrogen (secondary N) is 1. The van der Waals surface area contributed by atoms with Gasteiger partial charge in [-0.15, -0.1) is 0 Å². The zero-order valence-corrected chi connectivity index (χ0v) is 13.2. The maximum atomic E-state index is 12.4. The molecule has 0 unspecified atom stereocenters. The van der Waals surface area contributed by atoms with E-state index in [1.807, 2.05) is 32.9 Å². The number of carbonyl (C=O) groups is 2. The van der Waals surface area contributed by atoms with Crippen molar-refractivity contribution in [3.63, 3.8) is 0 Å². The van der Waals surface area contributed by atoms with Crippen LogP contribution in [0.15, 0.2) is 36.4 Å². The van der Waals surface area contributed by atoms with Crippen molar-refractivity contribution in [2.45, 2.75) is 20.8 Å². The van der Waals surface area contributed by atoms with Crippen molar-refractivity contribution in [1.82, 2.24) is 0 Å². The highest BCUT2D eigenvalue weighted by molar-refractivity contribution is 6.06. The maximum Gasteiger partial charge on any atom is 0.337 e. The van der Waals surface area contributed by atoms with E-state index in [9.17, 15) is 9.59 Å². The molecule has 0 aromatic heterocycles. The molecule has 2 aromatic rings. The molecule has 22 heavy (non-hydrogen) atoms. The predicted octanol–water partition coefficient (Wildman–Crippen LogP) is 3.65. The van der Waals surface area contributed by atoms with Gasteiger partial charge in [0.1, 0.15) is 0 Å². The molecule has 0 heterocycles. The summed E-state index contributed by atoms with van der Waals surface area (Å²) in [6, 6.07) is 10.8. The lowest BCUT2D eigenvalue weighted by Gasteiger charge is -2.11. The van der Waals surface area contributed by atoms with Gasteiger partial charge in [-0.3, -0.25) is 4.79 Å². The van der Waals surface area contributed by atoms with Crippen molar-refractivity contribution < 1.29 is 14.3 Å². The second kappa shape index (κ2) is 6.43. The van der Waals surface area contributed by atoms with Crippen LogP contribution in [0.5, 0.6) is 0 Å². The van der Waals surface area contributed by atoms with Crippen molar-refractivity contribution >= 4 is 17.6 Å². The molecule has 0 atom stereocenters. The Kier molecular flexibility index (Phi) is 4.61. The zero-order valence-electron chi connectivity index (χ0n) is 13.2. The predicted molar refractivity (Wildman–Crippen MR) is 86.4 cm³/mol. The van der Waals surface area contributed by atoms with Gasteiger partial charge in [-0.2, -0.15) is 0 Å². The molecule has 0 saturated carbocycles. The fraction of sp³-hybridized carbons (Fsp3) is 0.222. The Bertz CT molecular complexity index is 735. The Morgan fingerprint density at radius 2 is 1.68 bits per heavy atom. The molecule has 4 nitrogen and oxygen atoms in total. The average Bonchev–Trinajstić information content (AvgIpc) is 2.48. The van der Waals surface area contributed by atoms with Crippen molar-refractivity contribution in [2.75, 3.05) is 12.4 Å². The Hall–Kier alpha value is -2.62. The Morgan fingerprint density at radius 1 is 0.955 bits per heavy atom. The average molecular weight is 297 g/mol. The first-order valence-corrected chi connectivity index (χ1v) is 7.00. The van der Waals surface area contributed by atoms with Crippen LogP contribution in [0.4, 0.5) is 5.69 Å². The van der Waals surface area contributed by atoms with Gasteiger partial charge in [0, 0.05) is 11.3 Å². The van der Waals surface area contributed by atoms with Crippen LogP contribution < -0.4 is 5.32 Å². The second-order valence-corrected chi connectivity index (χ2v) is 5.29. The third kappa shape index (κ3) is 3.34. The molecular weight excluding hydrogens is 278 g/mol. The minimum absolute atomic E-state index is 0.192. The van der Waals surface area contributed by atoms with E-state index in [1.165, 1.54) is 7.11 Å². The number of rotatable bonds is 3. The number of aryl methyl sites for hydroxylation is 3. The molecule has 0 saturated heterocycles. The van der Waals surface area contributed by atoms with Gasteiger partial charge in [-0.05, 0) is 50.1 Å². The lowest BCUT2D eigenvalue weighted by atomic mass is 10.0. The first kappa shape index (κ1) is 15.8. The quantitative estimate of drug-likeness (QED) is 0.880. The molecule has 0 aliphatic carbocycles. The van der Waals surface area contributed by atoms with Crippen molar-refractivity contribution in [3.8, 4) is 0 Å². The van der Waals surface area contributed by atoms with E-state index >= 15 is 0 Å². The molecule has 4 heteroatoms. The molecule has 0 aliphatic rings. The molecule has 0 radical (unpaired) electrons. The first-order valence-electron chi connectivity index (χ1n) is 7.00. The van der Waals surface area contributed by atoms with Crippen molar-refractivity contribution in [3.05, 3.63) is 64.2 Å². The van der Waals surface area contributed by atoms with E-state index in [0.29, 0.717) is 16.8 Å². The fourth-order valence-corrected chi connectivity index (χ4v) is 2.26. The minimum Gasteiger partial charge on any atom is -0.465 e. The number of amides is 1. The third-order valence-electron chi connectivity index (χ3n) is 3.53. The molecule has 2 aromatic carbocycles. The third-order valence-corrected chi connectivity index (χ3v) is 3.53. The number of ether oxygens (including phenoxy) is 1. The molecule has 0 aliphatic heterocycles. The topological polar surface area (TPSA) is 55.4 Å². The lowest BCUT2D eigenvalue weighted by Crippen LogP contribution is -2.15. The van der Waals surface area contributed by atoms with Gasteiger partial charge in [-0.25, -0.2) is 4.79 Å². The Labute approximate surface area is 130 Å². The summed E-state index contributed by atoms with van der Waals surface area (Å²) < 4.78 is 4.70. The van der Waals surface area contributed by atoms with Crippen LogP contribution in [-0.4, -0.2) is 19.0 Å². The van der Waals surface area contributed by atoms with Crippen LogP contribution in [0.3, 0.4) is 0 Å². The van der Waals surface area contributed by atoms with Gasteiger partial charge in [-0.1, -0.05) is 23.8 Å². The van der Waals surface area contributed by atoms with Gasteiger partial charge in [0.2, 0.25) is 0 Å².